The van der Waals surface area contributed by atoms with Gasteiger partial charge in [-0.05, 0) is 17.7 Å². The first-order valence-corrected chi connectivity index (χ1v) is 8.20. The van der Waals surface area contributed by atoms with Crippen LogP contribution in [0.3, 0.4) is 0 Å². The summed E-state index contributed by atoms with van der Waals surface area (Å²) in [5.74, 6) is -0.700. The average molecular weight is 350 g/mol. The van der Waals surface area contributed by atoms with Gasteiger partial charge >= 0.3 is 5.97 Å². The largest absolute Gasteiger partial charge is 0.481 e. The Labute approximate surface area is 138 Å². The fourth-order valence-corrected chi connectivity index (χ4v) is 3.11. The predicted octanol–water partition coefficient (Wildman–Crippen LogP) is 3.41. The van der Waals surface area contributed by atoms with Gasteiger partial charge in [0.25, 0.3) is 0 Å². The van der Waals surface area contributed by atoms with Crippen LogP contribution in [0.25, 0.3) is 0 Å². The predicted molar refractivity (Wildman–Crippen MR) is 87.1 cm³/mol. The fourth-order valence-electron chi connectivity index (χ4n) is 1.59. The molecular formula is C14H17Cl2NO3S. The minimum atomic E-state index is -0.907. The van der Waals surface area contributed by atoms with Gasteiger partial charge < -0.3 is 10.0 Å². The zero-order valence-electron chi connectivity index (χ0n) is 11.8. The zero-order valence-corrected chi connectivity index (χ0v) is 14.1. The van der Waals surface area contributed by atoms with Crippen LogP contribution in [0, 0.1) is 5.92 Å². The molecule has 1 atom stereocenters. The van der Waals surface area contributed by atoms with E-state index in [1.807, 2.05) is 6.07 Å². The summed E-state index contributed by atoms with van der Waals surface area (Å²) in [6.07, 6.45) is 0. The van der Waals surface area contributed by atoms with Crippen molar-refractivity contribution in [1.82, 2.24) is 4.90 Å². The topological polar surface area (TPSA) is 57.6 Å². The number of rotatable bonds is 7. The third-order valence-electron chi connectivity index (χ3n) is 2.89. The highest BCUT2D eigenvalue weighted by Crippen LogP contribution is 2.24. The molecule has 1 N–H and O–H groups in total. The second-order valence-corrected chi connectivity index (χ2v) is 6.57. The SMILES string of the molecule is CC(CN(C)C(=O)CSCc1ccc(Cl)cc1Cl)C(=O)O. The van der Waals surface area contributed by atoms with E-state index in [0.717, 1.165) is 5.56 Å². The number of halogens is 2. The molecule has 0 aliphatic rings. The van der Waals surface area contributed by atoms with Crippen molar-refractivity contribution in [2.24, 2.45) is 5.92 Å². The van der Waals surface area contributed by atoms with Crippen LogP contribution in [0.15, 0.2) is 18.2 Å². The number of carbonyl (C=O) groups excluding carboxylic acids is 1. The van der Waals surface area contributed by atoms with Crippen LogP contribution in [0.5, 0.6) is 0 Å². The van der Waals surface area contributed by atoms with Gasteiger partial charge in [0, 0.05) is 29.4 Å². The molecule has 1 aromatic rings. The maximum absolute atomic E-state index is 11.9. The first kappa shape index (κ1) is 18.1. The van der Waals surface area contributed by atoms with Crippen molar-refractivity contribution in [3.63, 3.8) is 0 Å². The molecule has 0 saturated carbocycles. The molecule has 0 spiro atoms. The van der Waals surface area contributed by atoms with Crippen molar-refractivity contribution in [2.45, 2.75) is 12.7 Å². The molecule has 0 aliphatic heterocycles. The second-order valence-electron chi connectivity index (χ2n) is 4.74. The van der Waals surface area contributed by atoms with E-state index in [4.69, 9.17) is 28.3 Å². The molecule has 116 valence electrons. The van der Waals surface area contributed by atoms with Crippen molar-refractivity contribution in [2.75, 3.05) is 19.3 Å². The number of carbonyl (C=O) groups is 2. The summed E-state index contributed by atoms with van der Waals surface area (Å²) in [4.78, 5) is 24.1. The maximum Gasteiger partial charge on any atom is 0.308 e. The van der Waals surface area contributed by atoms with E-state index in [1.54, 1.807) is 26.1 Å². The number of benzene rings is 1. The molecule has 0 aliphatic carbocycles. The van der Waals surface area contributed by atoms with Gasteiger partial charge in [-0.3, -0.25) is 9.59 Å². The molecule has 0 aromatic heterocycles. The maximum atomic E-state index is 11.9. The molecule has 0 bridgehead atoms. The minimum Gasteiger partial charge on any atom is -0.481 e. The van der Waals surface area contributed by atoms with Crippen molar-refractivity contribution in [3.05, 3.63) is 33.8 Å². The van der Waals surface area contributed by atoms with Crippen LogP contribution >= 0.6 is 35.0 Å². The van der Waals surface area contributed by atoms with Gasteiger partial charge in [-0.25, -0.2) is 0 Å². The smallest absolute Gasteiger partial charge is 0.308 e. The van der Waals surface area contributed by atoms with E-state index in [0.29, 0.717) is 15.8 Å². The number of aliphatic carboxylic acids is 1. The first-order chi connectivity index (χ1) is 9.81. The van der Waals surface area contributed by atoms with Crippen molar-refractivity contribution in [1.29, 1.82) is 0 Å². The summed E-state index contributed by atoms with van der Waals surface area (Å²) in [5, 5.41) is 9.98. The van der Waals surface area contributed by atoms with Crippen molar-refractivity contribution >= 4 is 46.8 Å². The third kappa shape index (κ3) is 6.16. The lowest BCUT2D eigenvalue weighted by molar-refractivity contribution is -0.142. The van der Waals surface area contributed by atoms with Gasteiger partial charge in [-0.2, -0.15) is 0 Å². The normalized spacial score (nSPS) is 12.0. The minimum absolute atomic E-state index is 0.0989. The Morgan fingerprint density at radius 2 is 2.05 bits per heavy atom. The average Bonchev–Trinajstić information content (AvgIpc) is 2.40. The molecule has 0 saturated heterocycles. The molecule has 21 heavy (non-hydrogen) atoms. The summed E-state index contributed by atoms with van der Waals surface area (Å²) in [7, 11) is 1.61. The monoisotopic (exact) mass is 349 g/mol. The van der Waals surface area contributed by atoms with Crippen LogP contribution in [-0.4, -0.2) is 41.2 Å². The molecule has 4 nitrogen and oxygen atoms in total. The molecule has 1 unspecified atom stereocenters. The summed E-state index contributed by atoms with van der Waals surface area (Å²) in [6, 6.07) is 5.26. The molecular weight excluding hydrogens is 333 g/mol. The zero-order chi connectivity index (χ0) is 16.0. The number of hydrogen-bond donors (Lipinski definition) is 1. The van der Waals surface area contributed by atoms with Crippen LogP contribution < -0.4 is 0 Å². The van der Waals surface area contributed by atoms with Crippen LogP contribution in [0.2, 0.25) is 10.0 Å². The third-order valence-corrected chi connectivity index (χ3v) is 4.45. The van der Waals surface area contributed by atoms with E-state index in [1.165, 1.54) is 16.7 Å². The highest BCUT2D eigenvalue weighted by Gasteiger charge is 2.17. The van der Waals surface area contributed by atoms with E-state index in [2.05, 4.69) is 0 Å². The molecule has 0 heterocycles. The lowest BCUT2D eigenvalue weighted by atomic mass is 10.2. The summed E-state index contributed by atoms with van der Waals surface area (Å²) >= 11 is 13.3. The van der Waals surface area contributed by atoms with Crippen LogP contribution in [0.4, 0.5) is 0 Å². The Morgan fingerprint density at radius 3 is 2.62 bits per heavy atom. The molecule has 1 aromatic carbocycles. The van der Waals surface area contributed by atoms with E-state index in [9.17, 15) is 9.59 Å². The summed E-state index contributed by atoms with van der Waals surface area (Å²) in [6.45, 7) is 1.78. The summed E-state index contributed by atoms with van der Waals surface area (Å²) < 4.78 is 0. The highest BCUT2D eigenvalue weighted by molar-refractivity contribution is 7.99. The summed E-state index contributed by atoms with van der Waals surface area (Å²) in [5.41, 5.74) is 0.917. The highest BCUT2D eigenvalue weighted by atomic mass is 35.5. The van der Waals surface area contributed by atoms with Crippen molar-refractivity contribution < 1.29 is 14.7 Å². The molecule has 0 radical (unpaired) electrons. The van der Waals surface area contributed by atoms with E-state index in [-0.39, 0.29) is 18.2 Å². The van der Waals surface area contributed by atoms with Gasteiger partial charge in [-0.1, -0.05) is 36.2 Å². The molecule has 1 rings (SSSR count). The Morgan fingerprint density at radius 1 is 1.38 bits per heavy atom. The van der Waals surface area contributed by atoms with E-state index >= 15 is 0 Å². The molecule has 7 heteroatoms. The van der Waals surface area contributed by atoms with Gasteiger partial charge in [0.15, 0.2) is 0 Å². The van der Waals surface area contributed by atoms with E-state index < -0.39 is 11.9 Å². The van der Waals surface area contributed by atoms with Gasteiger partial charge in [-0.15, -0.1) is 11.8 Å². The number of nitrogens with zero attached hydrogens (tertiary/aromatic N) is 1. The number of amides is 1. The fraction of sp³-hybridized carbons (Fsp3) is 0.429. The number of carboxylic acids is 1. The van der Waals surface area contributed by atoms with Gasteiger partial charge in [0.05, 0.1) is 11.7 Å². The number of hydrogen-bond acceptors (Lipinski definition) is 3. The molecule has 0 fully saturated rings. The van der Waals surface area contributed by atoms with Crippen LogP contribution in [0.1, 0.15) is 12.5 Å². The number of carboxylic acid groups (broad SMARTS) is 1. The van der Waals surface area contributed by atoms with Crippen molar-refractivity contribution in [3.8, 4) is 0 Å². The quantitative estimate of drug-likeness (QED) is 0.819. The number of thioether (sulfide) groups is 1. The second kappa shape index (κ2) is 8.51. The first-order valence-electron chi connectivity index (χ1n) is 6.29. The Hall–Kier alpha value is -0.910. The van der Waals surface area contributed by atoms with Gasteiger partial charge in [0.1, 0.15) is 0 Å². The Kier molecular flexibility index (Phi) is 7.35. The lowest BCUT2D eigenvalue weighted by Gasteiger charge is -2.19. The van der Waals surface area contributed by atoms with Gasteiger partial charge in [0.2, 0.25) is 5.91 Å². The lowest BCUT2D eigenvalue weighted by Crippen LogP contribution is -2.34. The molecule has 1 amide bonds. The Balaban J connectivity index is 2.41. The Bertz CT molecular complexity index is 525. The standard InChI is InChI=1S/C14H17Cl2NO3S/c1-9(14(19)20)6-17(2)13(18)8-21-7-10-3-4-11(15)5-12(10)16/h3-5,9H,6-8H2,1-2H3,(H,19,20). The van der Waals surface area contributed by atoms with Crippen LogP contribution in [-0.2, 0) is 15.3 Å².